The van der Waals surface area contributed by atoms with Crippen LogP contribution in [-0.4, -0.2) is 67.2 Å². The highest BCUT2D eigenvalue weighted by Crippen LogP contribution is 2.40. The van der Waals surface area contributed by atoms with Gasteiger partial charge in [-0.2, -0.15) is 0 Å². The molecule has 0 radical (unpaired) electrons. The predicted octanol–water partition coefficient (Wildman–Crippen LogP) is 1.66. The first kappa shape index (κ1) is 19.5. The van der Waals surface area contributed by atoms with Crippen molar-refractivity contribution in [3.8, 4) is 0 Å². The molecule has 0 aromatic rings. The molecule has 25 heavy (non-hydrogen) atoms. The van der Waals surface area contributed by atoms with E-state index in [4.69, 9.17) is 28.4 Å². The van der Waals surface area contributed by atoms with E-state index in [0.29, 0.717) is 0 Å². The van der Waals surface area contributed by atoms with Crippen LogP contribution < -0.4 is 0 Å². The predicted molar refractivity (Wildman–Crippen MR) is 88.7 cm³/mol. The Hall–Kier alpha value is -0.280. The van der Waals surface area contributed by atoms with Crippen LogP contribution in [0.5, 0.6) is 0 Å². The van der Waals surface area contributed by atoms with Crippen molar-refractivity contribution in [3.05, 3.63) is 0 Å². The lowest BCUT2D eigenvalue weighted by molar-refractivity contribution is -0.329. The summed E-state index contributed by atoms with van der Waals surface area (Å²) in [5.41, 5.74) is 0. The third-order valence-electron chi connectivity index (χ3n) is 5.83. The SMILES string of the molecule is CO[C@@H]1OC(C)[C@H](O[C@H]2OC(C)[C@H](C)[C@H](C)C2O)[C@@H]2OC(C)(C)OC12. The summed E-state index contributed by atoms with van der Waals surface area (Å²) in [5.74, 6) is -0.416. The second kappa shape index (κ2) is 7.03. The molecule has 146 valence electrons. The molecular formula is C18H32O7. The lowest BCUT2D eigenvalue weighted by Crippen LogP contribution is -2.60. The van der Waals surface area contributed by atoms with E-state index in [1.807, 2.05) is 34.6 Å². The first-order valence-corrected chi connectivity index (χ1v) is 9.17. The van der Waals surface area contributed by atoms with Crippen LogP contribution in [0.15, 0.2) is 0 Å². The summed E-state index contributed by atoms with van der Waals surface area (Å²) in [6.45, 7) is 11.7. The molecule has 7 heteroatoms. The Kier molecular flexibility index (Phi) is 5.48. The Labute approximate surface area is 149 Å². The number of aliphatic hydroxyl groups is 1. The van der Waals surface area contributed by atoms with Gasteiger partial charge in [0.1, 0.15) is 24.4 Å². The first-order valence-electron chi connectivity index (χ1n) is 9.17. The van der Waals surface area contributed by atoms with Crippen LogP contribution in [0.25, 0.3) is 0 Å². The molecular weight excluding hydrogens is 328 g/mol. The number of rotatable bonds is 3. The molecule has 4 unspecified atom stereocenters. The Morgan fingerprint density at radius 1 is 0.840 bits per heavy atom. The molecule has 1 N–H and O–H groups in total. The number of fused-ring (bicyclic) bond motifs is 1. The summed E-state index contributed by atoms with van der Waals surface area (Å²) in [7, 11) is 1.59. The van der Waals surface area contributed by atoms with E-state index < -0.39 is 36.7 Å². The van der Waals surface area contributed by atoms with Crippen LogP contribution in [0.2, 0.25) is 0 Å². The average molecular weight is 360 g/mol. The third-order valence-corrected chi connectivity index (χ3v) is 5.83. The van der Waals surface area contributed by atoms with Gasteiger partial charge in [-0.15, -0.1) is 0 Å². The molecule has 0 bridgehead atoms. The normalized spacial score (nSPS) is 52.8. The molecule has 0 saturated carbocycles. The summed E-state index contributed by atoms with van der Waals surface area (Å²) >= 11 is 0. The van der Waals surface area contributed by atoms with Gasteiger partial charge in [-0.3, -0.25) is 0 Å². The Balaban J connectivity index is 1.77. The molecule has 3 rings (SSSR count). The van der Waals surface area contributed by atoms with Gasteiger partial charge in [0.15, 0.2) is 18.4 Å². The van der Waals surface area contributed by atoms with Crippen molar-refractivity contribution >= 4 is 0 Å². The second-order valence-electron chi connectivity index (χ2n) is 8.03. The van der Waals surface area contributed by atoms with E-state index in [0.717, 1.165) is 0 Å². The van der Waals surface area contributed by atoms with Crippen molar-refractivity contribution < 1.29 is 33.5 Å². The number of hydrogen-bond acceptors (Lipinski definition) is 7. The van der Waals surface area contributed by atoms with Gasteiger partial charge in [0.25, 0.3) is 0 Å². The summed E-state index contributed by atoms with van der Waals surface area (Å²) in [6.07, 6.45) is -3.40. The van der Waals surface area contributed by atoms with Gasteiger partial charge < -0.3 is 33.5 Å². The van der Waals surface area contributed by atoms with Gasteiger partial charge in [-0.1, -0.05) is 13.8 Å². The third kappa shape index (κ3) is 3.60. The van der Waals surface area contributed by atoms with Gasteiger partial charge in [-0.05, 0) is 39.5 Å². The monoisotopic (exact) mass is 360 g/mol. The summed E-state index contributed by atoms with van der Waals surface area (Å²) in [4.78, 5) is 0. The zero-order valence-electron chi connectivity index (χ0n) is 16.2. The van der Waals surface area contributed by atoms with E-state index in [1.54, 1.807) is 7.11 Å². The van der Waals surface area contributed by atoms with Crippen molar-refractivity contribution in [2.75, 3.05) is 7.11 Å². The molecule has 10 atom stereocenters. The maximum Gasteiger partial charge on any atom is 0.186 e. The van der Waals surface area contributed by atoms with Crippen molar-refractivity contribution in [3.63, 3.8) is 0 Å². The average Bonchev–Trinajstić information content (AvgIpc) is 2.87. The fourth-order valence-electron chi connectivity index (χ4n) is 3.96. The Bertz CT molecular complexity index is 470. The minimum Gasteiger partial charge on any atom is -0.388 e. The number of aliphatic hydroxyl groups excluding tert-OH is 1. The highest BCUT2D eigenvalue weighted by Gasteiger charge is 2.56. The fourth-order valence-corrected chi connectivity index (χ4v) is 3.96. The van der Waals surface area contributed by atoms with Crippen LogP contribution in [0, 0.1) is 11.8 Å². The maximum absolute atomic E-state index is 10.6. The van der Waals surface area contributed by atoms with Crippen LogP contribution in [0.4, 0.5) is 0 Å². The standard InChI is InChI=1S/C18H32O7/c1-8-9(2)12(19)16(21-10(8)3)23-13-11(4)22-17(20-7)15-14(13)24-18(5,6)25-15/h8-17,19H,1-7H3/t8-,9+,10?,11?,12?,13+,14+,15?,16-,17-/m1/s1. The largest absolute Gasteiger partial charge is 0.388 e. The van der Waals surface area contributed by atoms with Gasteiger partial charge in [-0.25, -0.2) is 0 Å². The summed E-state index contributed by atoms with van der Waals surface area (Å²) in [5, 5.41) is 10.6. The van der Waals surface area contributed by atoms with Crippen LogP contribution in [0.3, 0.4) is 0 Å². The highest BCUT2D eigenvalue weighted by molar-refractivity contribution is 4.97. The van der Waals surface area contributed by atoms with Crippen LogP contribution >= 0.6 is 0 Å². The summed E-state index contributed by atoms with van der Waals surface area (Å²) in [6, 6.07) is 0. The molecule has 3 saturated heterocycles. The quantitative estimate of drug-likeness (QED) is 0.820. The van der Waals surface area contributed by atoms with Crippen molar-refractivity contribution in [2.45, 2.75) is 96.5 Å². The second-order valence-corrected chi connectivity index (χ2v) is 8.03. The van der Waals surface area contributed by atoms with E-state index in [-0.39, 0.29) is 30.1 Å². The van der Waals surface area contributed by atoms with Crippen molar-refractivity contribution in [1.29, 1.82) is 0 Å². The number of methoxy groups -OCH3 is 1. The smallest absolute Gasteiger partial charge is 0.186 e. The van der Waals surface area contributed by atoms with Crippen LogP contribution in [0.1, 0.15) is 41.5 Å². The minimum absolute atomic E-state index is 0.00271. The van der Waals surface area contributed by atoms with Gasteiger partial charge >= 0.3 is 0 Å². The van der Waals surface area contributed by atoms with Gasteiger partial charge in [0, 0.05) is 7.11 Å². The number of ether oxygens (including phenoxy) is 6. The van der Waals surface area contributed by atoms with Gasteiger partial charge in [0.05, 0.1) is 12.2 Å². The highest BCUT2D eigenvalue weighted by atomic mass is 16.8. The summed E-state index contributed by atoms with van der Waals surface area (Å²) < 4.78 is 35.5. The molecule has 0 spiro atoms. The number of hydrogen-bond donors (Lipinski definition) is 1. The van der Waals surface area contributed by atoms with E-state index in [2.05, 4.69) is 6.92 Å². The topological polar surface area (TPSA) is 75.6 Å². The molecule has 3 fully saturated rings. The maximum atomic E-state index is 10.6. The van der Waals surface area contributed by atoms with E-state index in [1.165, 1.54) is 0 Å². The Morgan fingerprint density at radius 2 is 1.44 bits per heavy atom. The lowest BCUT2D eigenvalue weighted by atomic mass is 9.84. The van der Waals surface area contributed by atoms with Crippen molar-refractivity contribution in [1.82, 2.24) is 0 Å². The van der Waals surface area contributed by atoms with E-state index in [9.17, 15) is 5.11 Å². The molecule has 0 aliphatic carbocycles. The van der Waals surface area contributed by atoms with Crippen molar-refractivity contribution in [2.24, 2.45) is 11.8 Å². The lowest BCUT2D eigenvalue weighted by Gasteiger charge is -2.46. The fraction of sp³-hybridized carbons (Fsp3) is 1.00. The molecule has 3 aliphatic rings. The Morgan fingerprint density at radius 3 is 2.08 bits per heavy atom. The minimum atomic E-state index is -0.748. The zero-order chi connectivity index (χ0) is 18.5. The van der Waals surface area contributed by atoms with Crippen LogP contribution in [-0.2, 0) is 28.4 Å². The molecule has 0 aromatic heterocycles. The zero-order valence-corrected chi connectivity index (χ0v) is 16.2. The molecule has 3 heterocycles. The molecule has 0 amide bonds. The molecule has 7 nitrogen and oxygen atoms in total. The first-order chi connectivity index (χ1) is 11.6. The van der Waals surface area contributed by atoms with E-state index >= 15 is 0 Å². The molecule has 0 aromatic carbocycles. The molecule has 3 aliphatic heterocycles. The van der Waals surface area contributed by atoms with Gasteiger partial charge in [0.2, 0.25) is 0 Å².